The first-order valence-electron chi connectivity index (χ1n) is 14.9. The highest BCUT2D eigenvalue weighted by molar-refractivity contribution is 6.52. The zero-order chi connectivity index (χ0) is 25.1. The van der Waals surface area contributed by atoms with E-state index in [4.69, 9.17) is 9.97 Å². The summed E-state index contributed by atoms with van der Waals surface area (Å²) in [5.41, 5.74) is 3.28. The molecule has 0 aliphatic heterocycles. The molecule has 2 atom stereocenters. The van der Waals surface area contributed by atoms with Gasteiger partial charge in [-0.15, -0.1) is 0 Å². The lowest BCUT2D eigenvalue weighted by Crippen LogP contribution is -2.21. The summed E-state index contributed by atoms with van der Waals surface area (Å²) in [6, 6.07) is 5.69. The van der Waals surface area contributed by atoms with Crippen LogP contribution in [-0.2, 0) is 6.42 Å². The maximum Gasteiger partial charge on any atom is 0.0898 e. The molecule has 2 unspecified atom stereocenters. The Kier molecular flexibility index (Phi) is 15.8. The minimum Gasteiger partial charge on any atom is -0.261 e. The maximum absolute atomic E-state index is 4.96. The molecule has 2 aromatic rings. The quantitative estimate of drug-likeness (QED) is 0.138. The third kappa shape index (κ3) is 13.4. The third-order valence-electron chi connectivity index (χ3n) is 7.43. The van der Waals surface area contributed by atoms with Crippen molar-refractivity contribution in [1.29, 1.82) is 0 Å². The van der Waals surface area contributed by atoms with Crippen molar-refractivity contribution in [3.8, 4) is 11.3 Å². The molecule has 0 saturated heterocycles. The van der Waals surface area contributed by atoms with Crippen molar-refractivity contribution >= 4 is 14.8 Å². The molecule has 196 valence electrons. The van der Waals surface area contributed by atoms with Crippen LogP contribution in [0.5, 0.6) is 0 Å². The molecule has 0 aliphatic carbocycles. The molecular formula is C31H53N3Si. The molecule has 0 radical (unpaired) electrons. The molecule has 2 heterocycles. The Balaban J connectivity index is 1.66. The molecule has 0 saturated carbocycles. The van der Waals surface area contributed by atoms with Crippen LogP contribution in [0.1, 0.15) is 123 Å². The first-order valence-corrected chi connectivity index (χ1v) is 16.6. The Hall–Kier alpha value is -1.55. The number of hydrogen-bond donors (Lipinski definition) is 0. The molecule has 0 aromatic carbocycles. The molecule has 0 fully saturated rings. The summed E-state index contributed by atoms with van der Waals surface area (Å²) in [5, 5.41) is 1.25. The smallest absolute Gasteiger partial charge is 0.0898 e. The molecule has 35 heavy (non-hydrogen) atoms. The number of nitrogens with zero attached hydrogens (tertiary/aromatic N) is 3. The minimum atomic E-state index is -0.370. The predicted octanol–water partition coefficient (Wildman–Crippen LogP) is 8.07. The molecule has 0 spiro atoms. The van der Waals surface area contributed by atoms with E-state index in [0.717, 1.165) is 29.5 Å². The molecule has 0 bridgehead atoms. The van der Waals surface area contributed by atoms with Gasteiger partial charge in [0.1, 0.15) is 0 Å². The highest BCUT2D eigenvalue weighted by Gasteiger charge is 2.08. The van der Waals surface area contributed by atoms with Crippen LogP contribution in [0.25, 0.3) is 11.3 Å². The molecule has 2 rings (SSSR count). The topological polar surface area (TPSA) is 38.7 Å². The summed E-state index contributed by atoms with van der Waals surface area (Å²) < 4.78 is 0. The lowest BCUT2D eigenvalue weighted by molar-refractivity contribution is 0.430. The number of aromatic nitrogens is 3. The highest BCUT2D eigenvalue weighted by atomic mass is 28.2. The van der Waals surface area contributed by atoms with Gasteiger partial charge >= 0.3 is 0 Å². The molecular weight excluding hydrogens is 442 g/mol. The number of pyridine rings is 1. The van der Waals surface area contributed by atoms with Crippen LogP contribution in [0.2, 0.25) is 6.04 Å². The van der Waals surface area contributed by atoms with Gasteiger partial charge in [-0.05, 0) is 36.8 Å². The highest BCUT2D eigenvalue weighted by Crippen LogP contribution is 2.19. The van der Waals surface area contributed by atoms with Crippen LogP contribution < -0.4 is 5.32 Å². The number of unbranched alkanes of at least 4 members (excludes halogenated alkanes) is 8. The average molecular weight is 496 g/mol. The van der Waals surface area contributed by atoms with Gasteiger partial charge in [-0.25, -0.2) is 0 Å². The van der Waals surface area contributed by atoms with E-state index in [1.54, 1.807) is 0 Å². The van der Waals surface area contributed by atoms with Crippen molar-refractivity contribution < 1.29 is 0 Å². The van der Waals surface area contributed by atoms with E-state index in [9.17, 15) is 0 Å². The average Bonchev–Trinajstić information content (AvgIpc) is 2.88. The Morgan fingerprint density at radius 1 is 0.714 bits per heavy atom. The van der Waals surface area contributed by atoms with Crippen LogP contribution >= 0.6 is 0 Å². The van der Waals surface area contributed by atoms with Gasteiger partial charge in [0.15, 0.2) is 0 Å². The van der Waals surface area contributed by atoms with E-state index in [-0.39, 0.29) is 9.52 Å². The normalized spacial score (nSPS) is 13.5. The summed E-state index contributed by atoms with van der Waals surface area (Å²) >= 11 is 0. The Bertz CT molecular complexity index is 777. The van der Waals surface area contributed by atoms with Crippen molar-refractivity contribution in [1.82, 2.24) is 15.0 Å². The van der Waals surface area contributed by atoms with Crippen molar-refractivity contribution in [3.63, 3.8) is 0 Å². The van der Waals surface area contributed by atoms with Crippen LogP contribution in [0.4, 0.5) is 0 Å². The third-order valence-corrected chi connectivity index (χ3v) is 9.56. The molecule has 4 heteroatoms. The van der Waals surface area contributed by atoms with E-state index in [2.05, 4.69) is 44.8 Å². The summed E-state index contributed by atoms with van der Waals surface area (Å²) in [7, 11) is -0.370. The van der Waals surface area contributed by atoms with Gasteiger partial charge in [-0.3, -0.25) is 15.0 Å². The van der Waals surface area contributed by atoms with Gasteiger partial charge in [0, 0.05) is 29.0 Å². The van der Waals surface area contributed by atoms with Crippen molar-refractivity contribution in [3.05, 3.63) is 36.4 Å². The summed E-state index contributed by atoms with van der Waals surface area (Å²) in [6.07, 6.45) is 26.1. The summed E-state index contributed by atoms with van der Waals surface area (Å²) in [5.74, 6) is 1.73. The second-order valence-electron chi connectivity index (χ2n) is 11.0. The SMILES string of the molecule is CCCCCCCc1ccc(-c2cncc([SiH2]CC(C)CCCCCC(C)CCCCC)n2)cn1. The van der Waals surface area contributed by atoms with Gasteiger partial charge < -0.3 is 0 Å². The Labute approximate surface area is 219 Å². The molecule has 2 aromatic heterocycles. The van der Waals surface area contributed by atoms with E-state index in [1.165, 1.54) is 107 Å². The zero-order valence-electron chi connectivity index (χ0n) is 23.4. The van der Waals surface area contributed by atoms with Gasteiger partial charge in [0.05, 0.1) is 21.4 Å². The van der Waals surface area contributed by atoms with Crippen LogP contribution in [0.3, 0.4) is 0 Å². The fourth-order valence-electron chi connectivity index (χ4n) is 4.89. The standard InChI is InChI=1S/C31H53N3Si/c1-5-7-9-10-15-19-29-21-20-28(22-33-29)30-23-32-24-31(34-30)35-25-27(4)18-14-11-13-17-26(3)16-12-8-6-2/h20-24,26-27H,5-19,25,35H2,1-4H3. The fraction of sp³-hybridized carbons (Fsp3) is 0.710. The zero-order valence-corrected chi connectivity index (χ0v) is 24.8. The molecule has 0 N–H and O–H groups in total. The predicted molar refractivity (Wildman–Crippen MR) is 156 cm³/mol. The monoisotopic (exact) mass is 495 g/mol. The van der Waals surface area contributed by atoms with Gasteiger partial charge in [-0.1, -0.05) is 117 Å². The summed E-state index contributed by atoms with van der Waals surface area (Å²) in [6.45, 7) is 9.44. The number of rotatable bonds is 20. The van der Waals surface area contributed by atoms with Gasteiger partial charge in [0.25, 0.3) is 0 Å². The first-order chi connectivity index (χ1) is 17.1. The lowest BCUT2D eigenvalue weighted by Gasteiger charge is -2.13. The number of aryl methyl sites for hydroxylation is 1. The van der Waals surface area contributed by atoms with Crippen LogP contribution in [0.15, 0.2) is 30.7 Å². The van der Waals surface area contributed by atoms with E-state index < -0.39 is 0 Å². The Morgan fingerprint density at radius 2 is 1.37 bits per heavy atom. The van der Waals surface area contributed by atoms with E-state index in [1.807, 2.05) is 18.6 Å². The maximum atomic E-state index is 4.96. The minimum absolute atomic E-state index is 0.370. The fourth-order valence-corrected chi connectivity index (χ4v) is 6.48. The number of hydrogen-bond acceptors (Lipinski definition) is 3. The molecule has 0 aliphatic rings. The van der Waals surface area contributed by atoms with Gasteiger partial charge in [-0.2, -0.15) is 0 Å². The first kappa shape index (κ1) is 29.7. The van der Waals surface area contributed by atoms with Gasteiger partial charge in [0.2, 0.25) is 0 Å². The van der Waals surface area contributed by atoms with Crippen molar-refractivity contribution in [2.24, 2.45) is 11.8 Å². The van der Waals surface area contributed by atoms with Crippen LogP contribution in [0, 0.1) is 11.8 Å². The largest absolute Gasteiger partial charge is 0.261 e. The van der Waals surface area contributed by atoms with Crippen molar-refractivity contribution in [2.45, 2.75) is 130 Å². The molecule has 3 nitrogen and oxygen atoms in total. The second-order valence-corrected chi connectivity index (χ2v) is 12.8. The van der Waals surface area contributed by atoms with E-state index >= 15 is 0 Å². The Morgan fingerprint density at radius 3 is 2.09 bits per heavy atom. The van der Waals surface area contributed by atoms with Crippen LogP contribution in [-0.4, -0.2) is 24.5 Å². The van der Waals surface area contributed by atoms with Crippen molar-refractivity contribution in [2.75, 3.05) is 0 Å². The van der Waals surface area contributed by atoms with E-state index in [0.29, 0.717) is 0 Å². The summed E-state index contributed by atoms with van der Waals surface area (Å²) in [4.78, 5) is 14.2. The lowest BCUT2D eigenvalue weighted by atomic mass is 9.96. The molecule has 0 amide bonds. The second kappa shape index (κ2) is 18.7.